The maximum absolute atomic E-state index is 11.6. The Morgan fingerprint density at radius 2 is 2.35 bits per heavy atom. The van der Waals surface area contributed by atoms with Gasteiger partial charge in [0.05, 0.1) is 24.3 Å². The Hall–Kier alpha value is -0.960. The van der Waals surface area contributed by atoms with Crippen molar-refractivity contribution in [3.05, 3.63) is 18.2 Å². The van der Waals surface area contributed by atoms with E-state index >= 15 is 0 Å². The number of imidazole rings is 1. The standard InChI is InChI=1S/C12H23N5O2S/c1-16-8-12(14-9-16)11(15-13)6-10-4-3-5-17(7-10)20(2,18)19/h8-11,15H,3-7,13H2,1-2H3. The lowest BCUT2D eigenvalue weighted by Crippen LogP contribution is -2.41. The third kappa shape index (κ3) is 3.78. The molecule has 20 heavy (non-hydrogen) atoms. The van der Waals surface area contributed by atoms with E-state index in [2.05, 4.69) is 10.4 Å². The second-order valence-corrected chi connectivity index (χ2v) is 7.53. The van der Waals surface area contributed by atoms with E-state index in [-0.39, 0.29) is 6.04 Å². The van der Waals surface area contributed by atoms with Gasteiger partial charge in [-0.05, 0) is 25.2 Å². The van der Waals surface area contributed by atoms with Gasteiger partial charge in [-0.15, -0.1) is 0 Å². The number of nitrogens with zero attached hydrogens (tertiary/aromatic N) is 3. The minimum atomic E-state index is -3.10. The van der Waals surface area contributed by atoms with Gasteiger partial charge in [-0.25, -0.2) is 17.7 Å². The van der Waals surface area contributed by atoms with E-state index in [4.69, 9.17) is 5.84 Å². The molecule has 1 saturated heterocycles. The molecule has 3 N–H and O–H groups in total. The Kier molecular flexibility index (Phi) is 4.79. The maximum atomic E-state index is 11.6. The highest BCUT2D eigenvalue weighted by atomic mass is 32.2. The van der Waals surface area contributed by atoms with Crippen LogP contribution in [0.2, 0.25) is 0 Å². The van der Waals surface area contributed by atoms with Crippen LogP contribution in [0.3, 0.4) is 0 Å². The van der Waals surface area contributed by atoms with Crippen molar-refractivity contribution in [1.82, 2.24) is 19.3 Å². The maximum Gasteiger partial charge on any atom is 0.211 e. The first-order valence-electron chi connectivity index (χ1n) is 6.79. The largest absolute Gasteiger partial charge is 0.340 e. The molecule has 0 aliphatic carbocycles. The smallest absolute Gasteiger partial charge is 0.211 e. The number of nitrogens with two attached hydrogens (primary N) is 1. The van der Waals surface area contributed by atoms with Gasteiger partial charge in [0.15, 0.2) is 0 Å². The predicted octanol–water partition coefficient (Wildman–Crippen LogP) is -0.0138. The zero-order valence-electron chi connectivity index (χ0n) is 12.0. The van der Waals surface area contributed by atoms with Crippen molar-refractivity contribution in [3.8, 4) is 0 Å². The van der Waals surface area contributed by atoms with Gasteiger partial charge in [-0.3, -0.25) is 11.3 Å². The summed E-state index contributed by atoms with van der Waals surface area (Å²) < 4.78 is 26.7. The summed E-state index contributed by atoms with van der Waals surface area (Å²) in [4.78, 5) is 4.31. The van der Waals surface area contributed by atoms with E-state index in [9.17, 15) is 8.42 Å². The number of sulfonamides is 1. The Labute approximate surface area is 120 Å². The van der Waals surface area contributed by atoms with E-state index < -0.39 is 10.0 Å². The molecule has 1 fully saturated rings. The molecule has 2 heterocycles. The molecule has 0 saturated carbocycles. The van der Waals surface area contributed by atoms with E-state index in [1.807, 2.05) is 17.8 Å². The summed E-state index contributed by atoms with van der Waals surface area (Å²) in [5.74, 6) is 5.93. The first-order valence-corrected chi connectivity index (χ1v) is 8.64. The van der Waals surface area contributed by atoms with Gasteiger partial charge in [-0.1, -0.05) is 0 Å². The molecule has 1 aromatic heterocycles. The van der Waals surface area contributed by atoms with Gasteiger partial charge in [0.1, 0.15) is 0 Å². The molecule has 0 amide bonds. The molecule has 2 rings (SSSR count). The van der Waals surface area contributed by atoms with Crippen LogP contribution < -0.4 is 11.3 Å². The monoisotopic (exact) mass is 301 g/mol. The summed E-state index contributed by atoms with van der Waals surface area (Å²) in [5.41, 5.74) is 3.68. The fourth-order valence-corrected chi connectivity index (χ4v) is 3.68. The molecule has 1 aliphatic heterocycles. The Morgan fingerprint density at radius 1 is 1.60 bits per heavy atom. The minimum absolute atomic E-state index is 0.0410. The minimum Gasteiger partial charge on any atom is -0.340 e. The lowest BCUT2D eigenvalue weighted by Gasteiger charge is -2.32. The van der Waals surface area contributed by atoms with Crippen LogP contribution in [0.4, 0.5) is 0 Å². The van der Waals surface area contributed by atoms with Crippen LogP contribution >= 0.6 is 0 Å². The molecule has 2 unspecified atom stereocenters. The summed E-state index contributed by atoms with van der Waals surface area (Å²) in [6.07, 6.45) is 7.66. The molecule has 1 aromatic rings. The van der Waals surface area contributed by atoms with Gasteiger partial charge in [0.25, 0.3) is 0 Å². The number of hydrazine groups is 1. The molecule has 2 atom stereocenters. The van der Waals surface area contributed by atoms with Crippen LogP contribution in [0.1, 0.15) is 31.0 Å². The lowest BCUT2D eigenvalue weighted by atomic mass is 9.91. The van der Waals surface area contributed by atoms with Crippen molar-refractivity contribution in [2.45, 2.75) is 25.3 Å². The predicted molar refractivity (Wildman–Crippen MR) is 77.0 cm³/mol. The van der Waals surface area contributed by atoms with Gasteiger partial charge < -0.3 is 4.57 Å². The molecule has 8 heteroatoms. The summed E-state index contributed by atoms with van der Waals surface area (Å²) in [7, 11) is -1.19. The zero-order chi connectivity index (χ0) is 14.8. The highest BCUT2D eigenvalue weighted by molar-refractivity contribution is 7.88. The normalized spacial score (nSPS) is 22.9. The van der Waals surface area contributed by atoms with Crippen molar-refractivity contribution in [3.63, 3.8) is 0 Å². The quantitative estimate of drug-likeness (QED) is 0.589. The van der Waals surface area contributed by atoms with Crippen molar-refractivity contribution in [2.75, 3.05) is 19.3 Å². The molecule has 0 radical (unpaired) electrons. The van der Waals surface area contributed by atoms with Gasteiger partial charge in [-0.2, -0.15) is 0 Å². The van der Waals surface area contributed by atoms with E-state index in [0.29, 0.717) is 19.0 Å². The van der Waals surface area contributed by atoms with Crippen molar-refractivity contribution < 1.29 is 8.42 Å². The van der Waals surface area contributed by atoms with Gasteiger partial charge in [0, 0.05) is 26.3 Å². The average Bonchev–Trinajstić information content (AvgIpc) is 2.82. The highest BCUT2D eigenvalue weighted by Crippen LogP contribution is 2.27. The van der Waals surface area contributed by atoms with Crippen LogP contribution in [-0.2, 0) is 17.1 Å². The summed E-state index contributed by atoms with van der Waals surface area (Å²) in [6.45, 7) is 1.20. The van der Waals surface area contributed by atoms with Crippen LogP contribution in [0.25, 0.3) is 0 Å². The fraction of sp³-hybridized carbons (Fsp3) is 0.750. The van der Waals surface area contributed by atoms with Crippen molar-refractivity contribution in [1.29, 1.82) is 0 Å². The number of hydrogen-bond donors (Lipinski definition) is 2. The molecular formula is C12H23N5O2S. The van der Waals surface area contributed by atoms with Gasteiger partial charge >= 0.3 is 0 Å². The summed E-state index contributed by atoms with van der Waals surface area (Å²) >= 11 is 0. The van der Waals surface area contributed by atoms with Crippen LogP contribution in [0, 0.1) is 5.92 Å². The Balaban J connectivity index is 2.01. The molecular weight excluding hydrogens is 278 g/mol. The van der Waals surface area contributed by atoms with E-state index in [1.165, 1.54) is 6.26 Å². The third-order valence-corrected chi connectivity index (χ3v) is 5.07. The molecule has 0 spiro atoms. The second kappa shape index (κ2) is 6.21. The lowest BCUT2D eigenvalue weighted by molar-refractivity contribution is 0.237. The van der Waals surface area contributed by atoms with Crippen LogP contribution in [0.15, 0.2) is 12.5 Å². The first-order chi connectivity index (χ1) is 9.40. The van der Waals surface area contributed by atoms with Crippen molar-refractivity contribution >= 4 is 10.0 Å². The van der Waals surface area contributed by atoms with E-state index in [1.54, 1.807) is 10.6 Å². The van der Waals surface area contributed by atoms with Gasteiger partial charge in [0.2, 0.25) is 10.0 Å². The number of rotatable bonds is 5. The SMILES string of the molecule is Cn1cnc(C(CC2CCCN(S(C)(=O)=O)C2)NN)c1. The molecule has 7 nitrogen and oxygen atoms in total. The summed E-state index contributed by atoms with van der Waals surface area (Å²) in [6, 6.07) is -0.0410. The molecule has 0 aromatic carbocycles. The number of nitrogens with one attached hydrogen (secondary N) is 1. The third-order valence-electron chi connectivity index (χ3n) is 3.80. The average molecular weight is 301 g/mol. The molecule has 114 valence electrons. The zero-order valence-corrected chi connectivity index (χ0v) is 12.8. The number of aromatic nitrogens is 2. The van der Waals surface area contributed by atoms with Crippen LogP contribution in [-0.4, -0.2) is 41.6 Å². The number of hydrogen-bond acceptors (Lipinski definition) is 5. The Bertz CT molecular complexity index is 542. The number of piperidine rings is 1. The highest BCUT2D eigenvalue weighted by Gasteiger charge is 2.28. The second-order valence-electron chi connectivity index (χ2n) is 5.55. The van der Waals surface area contributed by atoms with Crippen LogP contribution in [0.5, 0.6) is 0 Å². The molecule has 0 bridgehead atoms. The molecule has 1 aliphatic rings. The number of aryl methyl sites for hydroxylation is 1. The topological polar surface area (TPSA) is 93.2 Å². The first kappa shape index (κ1) is 15.4. The van der Waals surface area contributed by atoms with Crippen molar-refractivity contribution in [2.24, 2.45) is 18.8 Å². The fourth-order valence-electron chi connectivity index (χ4n) is 2.74. The Morgan fingerprint density at radius 3 is 2.90 bits per heavy atom. The van der Waals surface area contributed by atoms with E-state index in [0.717, 1.165) is 25.0 Å². The summed E-state index contributed by atoms with van der Waals surface area (Å²) in [5, 5.41) is 0.